The van der Waals surface area contributed by atoms with Crippen LogP contribution in [0, 0.1) is 0 Å². The Kier molecular flexibility index (Phi) is 2.88. The van der Waals surface area contributed by atoms with Crippen molar-refractivity contribution in [1.82, 2.24) is 0 Å². The van der Waals surface area contributed by atoms with Crippen LogP contribution in [-0.2, 0) is 0 Å². The third-order valence-corrected chi connectivity index (χ3v) is 5.80. The van der Waals surface area contributed by atoms with E-state index in [4.69, 9.17) is 0 Å². The molecule has 0 bridgehead atoms. The van der Waals surface area contributed by atoms with E-state index in [1.807, 2.05) is 30.3 Å². The summed E-state index contributed by atoms with van der Waals surface area (Å²) in [6, 6.07) is 27.0. The minimum Gasteiger partial charge on any atom is -0.423 e. The summed E-state index contributed by atoms with van der Waals surface area (Å²) in [6.45, 7) is 0. The molecule has 0 radical (unpaired) electrons. The fourth-order valence-corrected chi connectivity index (χ4v) is 4.65. The van der Waals surface area contributed by atoms with Crippen LogP contribution >= 0.6 is 0 Å². The Labute approximate surface area is 156 Å². The van der Waals surface area contributed by atoms with Crippen molar-refractivity contribution in [3.63, 3.8) is 0 Å². The quantitative estimate of drug-likeness (QED) is 0.341. The van der Waals surface area contributed by atoms with Gasteiger partial charge in [-0.3, -0.25) is 0 Å². The highest BCUT2D eigenvalue weighted by Gasteiger charge is 2.30. The van der Waals surface area contributed by atoms with Gasteiger partial charge < -0.3 is 10.0 Å². The predicted octanol–water partition coefficient (Wildman–Crippen LogP) is 4.47. The molecular weight excluding hydrogens is 331 g/mol. The zero-order valence-electron chi connectivity index (χ0n) is 14.5. The first-order valence-electron chi connectivity index (χ1n) is 9.11. The molecular formula is C24H15BO2. The topological polar surface area (TPSA) is 40.5 Å². The van der Waals surface area contributed by atoms with Gasteiger partial charge in [-0.05, 0) is 66.1 Å². The standard InChI is InChI=1S/C24H15BO2/c26-25(27)24-18-8-4-2-6-15(18)13-16-10-12-20-19-11-9-14-5-1-3-7-17(14)22(19)23(20)21(16)24/h1-13,26-27H. The zero-order valence-corrected chi connectivity index (χ0v) is 14.5. The van der Waals surface area contributed by atoms with E-state index in [0.717, 1.165) is 27.1 Å². The number of rotatable bonds is 1. The Morgan fingerprint density at radius 1 is 0.556 bits per heavy atom. The smallest absolute Gasteiger partial charge is 0.423 e. The van der Waals surface area contributed by atoms with Gasteiger partial charge in [0.05, 0.1) is 0 Å². The molecule has 0 unspecified atom stereocenters. The molecule has 126 valence electrons. The van der Waals surface area contributed by atoms with Gasteiger partial charge in [0.1, 0.15) is 0 Å². The van der Waals surface area contributed by atoms with Gasteiger partial charge in [0.25, 0.3) is 0 Å². The van der Waals surface area contributed by atoms with Gasteiger partial charge in [-0.2, -0.15) is 0 Å². The monoisotopic (exact) mass is 346 g/mol. The molecule has 0 aromatic heterocycles. The van der Waals surface area contributed by atoms with E-state index in [0.29, 0.717) is 5.46 Å². The minimum atomic E-state index is -1.52. The fourth-order valence-electron chi connectivity index (χ4n) is 4.65. The normalized spacial score (nSPS) is 12.1. The van der Waals surface area contributed by atoms with E-state index in [9.17, 15) is 10.0 Å². The highest BCUT2D eigenvalue weighted by atomic mass is 16.4. The van der Waals surface area contributed by atoms with E-state index in [1.54, 1.807) is 0 Å². The van der Waals surface area contributed by atoms with Gasteiger partial charge in [0.15, 0.2) is 0 Å². The number of benzene rings is 5. The lowest BCUT2D eigenvalue weighted by Gasteiger charge is -2.29. The van der Waals surface area contributed by atoms with Gasteiger partial charge in [-0.25, -0.2) is 0 Å². The molecule has 0 spiro atoms. The summed E-state index contributed by atoms with van der Waals surface area (Å²) < 4.78 is 0. The lowest BCUT2D eigenvalue weighted by atomic mass is 9.68. The van der Waals surface area contributed by atoms with Gasteiger partial charge in [0.2, 0.25) is 0 Å². The van der Waals surface area contributed by atoms with Gasteiger partial charge in [0, 0.05) is 0 Å². The van der Waals surface area contributed by atoms with E-state index in [1.165, 1.54) is 27.5 Å². The molecule has 2 nitrogen and oxygen atoms in total. The summed E-state index contributed by atoms with van der Waals surface area (Å²) >= 11 is 0. The zero-order chi connectivity index (χ0) is 18.1. The number of fused-ring (bicyclic) bond motifs is 9. The van der Waals surface area contributed by atoms with Crippen molar-refractivity contribution in [2.45, 2.75) is 0 Å². The largest absolute Gasteiger partial charge is 0.489 e. The predicted molar refractivity (Wildman–Crippen MR) is 113 cm³/mol. The van der Waals surface area contributed by atoms with Crippen LogP contribution in [0.2, 0.25) is 0 Å². The molecule has 0 aliphatic heterocycles. The first-order valence-corrected chi connectivity index (χ1v) is 9.11. The summed E-state index contributed by atoms with van der Waals surface area (Å²) in [5, 5.41) is 26.9. The maximum absolute atomic E-state index is 10.3. The Morgan fingerprint density at radius 3 is 1.96 bits per heavy atom. The van der Waals surface area contributed by atoms with Crippen molar-refractivity contribution in [1.29, 1.82) is 0 Å². The Balaban J connectivity index is 1.83. The first kappa shape index (κ1) is 15.0. The minimum absolute atomic E-state index is 0.596. The SMILES string of the molecule is OB(O)c1c2ccccc2cc2ccc3c(c12)-c1c-3ccc2ccccc12. The Hall–Kier alpha value is -3.14. The molecule has 3 heteroatoms. The van der Waals surface area contributed by atoms with Gasteiger partial charge in [-0.1, -0.05) is 72.8 Å². The second-order valence-corrected chi connectivity index (χ2v) is 7.18. The molecule has 5 aromatic carbocycles. The van der Waals surface area contributed by atoms with E-state index in [-0.39, 0.29) is 0 Å². The van der Waals surface area contributed by atoms with Crippen molar-refractivity contribution in [3.05, 3.63) is 78.9 Å². The molecule has 0 saturated carbocycles. The molecule has 6 rings (SSSR count). The van der Waals surface area contributed by atoms with Crippen LogP contribution < -0.4 is 5.46 Å². The van der Waals surface area contributed by atoms with E-state index >= 15 is 0 Å². The Bertz CT molecular complexity index is 1400. The van der Waals surface area contributed by atoms with Crippen LogP contribution in [0.25, 0.3) is 54.6 Å². The molecule has 0 atom stereocenters. The molecule has 1 aliphatic rings. The lowest BCUT2D eigenvalue weighted by Crippen LogP contribution is -2.32. The van der Waals surface area contributed by atoms with Crippen molar-refractivity contribution < 1.29 is 10.0 Å². The Morgan fingerprint density at radius 2 is 1.19 bits per heavy atom. The number of hydrogen-bond donors (Lipinski definition) is 2. The lowest BCUT2D eigenvalue weighted by molar-refractivity contribution is 0.426. The summed E-state index contributed by atoms with van der Waals surface area (Å²) in [7, 11) is -1.52. The summed E-state index contributed by atoms with van der Waals surface area (Å²) in [5.74, 6) is 0. The molecule has 1 aliphatic carbocycles. The summed E-state index contributed by atoms with van der Waals surface area (Å²) in [4.78, 5) is 0. The molecule has 27 heavy (non-hydrogen) atoms. The first-order chi connectivity index (χ1) is 13.2. The fraction of sp³-hybridized carbons (Fsp3) is 0. The van der Waals surface area contributed by atoms with Crippen LogP contribution in [0.15, 0.2) is 78.9 Å². The van der Waals surface area contributed by atoms with Crippen molar-refractivity contribution >= 4 is 44.9 Å². The molecule has 2 N–H and O–H groups in total. The molecule has 0 amide bonds. The van der Waals surface area contributed by atoms with Gasteiger partial charge >= 0.3 is 7.12 Å². The van der Waals surface area contributed by atoms with Crippen LogP contribution in [0.1, 0.15) is 0 Å². The van der Waals surface area contributed by atoms with Crippen LogP contribution in [-0.4, -0.2) is 17.2 Å². The average Bonchev–Trinajstić information content (AvgIpc) is 2.67. The maximum atomic E-state index is 10.3. The van der Waals surface area contributed by atoms with E-state index in [2.05, 4.69) is 48.5 Å². The van der Waals surface area contributed by atoms with Crippen LogP contribution in [0.4, 0.5) is 0 Å². The van der Waals surface area contributed by atoms with E-state index < -0.39 is 7.12 Å². The maximum Gasteiger partial charge on any atom is 0.489 e. The highest BCUT2D eigenvalue weighted by Crippen LogP contribution is 2.53. The van der Waals surface area contributed by atoms with Crippen molar-refractivity contribution in [3.8, 4) is 22.3 Å². The third-order valence-electron chi connectivity index (χ3n) is 5.80. The van der Waals surface area contributed by atoms with Crippen molar-refractivity contribution in [2.24, 2.45) is 0 Å². The van der Waals surface area contributed by atoms with Gasteiger partial charge in [-0.15, -0.1) is 0 Å². The number of hydrogen-bond acceptors (Lipinski definition) is 2. The summed E-state index contributed by atoms with van der Waals surface area (Å²) in [6.07, 6.45) is 0. The average molecular weight is 346 g/mol. The highest BCUT2D eigenvalue weighted by molar-refractivity contribution is 6.66. The molecule has 0 heterocycles. The summed E-state index contributed by atoms with van der Waals surface area (Å²) in [5.41, 5.74) is 5.36. The molecule has 5 aromatic rings. The second-order valence-electron chi connectivity index (χ2n) is 7.18. The third kappa shape index (κ3) is 1.87. The van der Waals surface area contributed by atoms with Crippen molar-refractivity contribution in [2.75, 3.05) is 0 Å². The molecule has 0 fully saturated rings. The second kappa shape index (κ2) is 5.20. The van der Waals surface area contributed by atoms with Crippen LogP contribution in [0.5, 0.6) is 0 Å². The van der Waals surface area contributed by atoms with Crippen LogP contribution in [0.3, 0.4) is 0 Å². The molecule has 0 saturated heterocycles.